The highest BCUT2D eigenvalue weighted by molar-refractivity contribution is 6.35. The molecule has 0 fully saturated rings. The molecule has 3 heterocycles. The Morgan fingerprint density at radius 2 is 1.76 bits per heavy atom. The molecular formula is C32H28N6O3. The second kappa shape index (κ2) is 10.6. The molecule has 0 radical (unpaired) electrons. The summed E-state index contributed by atoms with van der Waals surface area (Å²) in [5, 5.41) is 22.9. The number of hydrogen-bond acceptors (Lipinski definition) is 5. The van der Waals surface area contributed by atoms with E-state index in [9.17, 15) is 9.59 Å². The number of aliphatic carboxylic acids is 1. The number of anilines is 3. The molecule has 1 aliphatic heterocycles. The van der Waals surface area contributed by atoms with Crippen LogP contribution in [0.15, 0.2) is 72.8 Å². The number of carbonyl (C=O) groups is 2. The molecule has 0 bridgehead atoms. The monoisotopic (exact) mass is 544 g/mol. The predicted molar refractivity (Wildman–Crippen MR) is 160 cm³/mol. The SMILES string of the molecule is Cc1[nH]c(/C=C2\C(=O)Nc3cc(Nc4cccc(-c5n[nH]c(-c6ccccc6)n5)c4)ccc32)c(C)c1CCC(=O)O. The van der Waals surface area contributed by atoms with Gasteiger partial charge in [-0.3, -0.25) is 14.7 Å². The third-order valence-corrected chi connectivity index (χ3v) is 7.25. The lowest BCUT2D eigenvalue weighted by Gasteiger charge is -2.09. The Morgan fingerprint density at radius 3 is 2.56 bits per heavy atom. The summed E-state index contributed by atoms with van der Waals surface area (Å²) in [6, 6.07) is 23.5. The summed E-state index contributed by atoms with van der Waals surface area (Å²) in [4.78, 5) is 31.9. The molecule has 0 saturated heterocycles. The first-order chi connectivity index (χ1) is 19.9. The van der Waals surface area contributed by atoms with Gasteiger partial charge in [0.2, 0.25) is 0 Å². The van der Waals surface area contributed by atoms with Gasteiger partial charge in [-0.05, 0) is 61.7 Å². The van der Waals surface area contributed by atoms with Gasteiger partial charge in [-0.1, -0.05) is 48.5 Å². The van der Waals surface area contributed by atoms with Gasteiger partial charge in [0.25, 0.3) is 5.91 Å². The van der Waals surface area contributed by atoms with Gasteiger partial charge >= 0.3 is 5.97 Å². The van der Waals surface area contributed by atoms with Gasteiger partial charge in [0.15, 0.2) is 11.6 Å². The van der Waals surface area contributed by atoms with Crippen LogP contribution in [0.5, 0.6) is 0 Å². The molecule has 1 aliphatic rings. The zero-order valence-corrected chi connectivity index (χ0v) is 22.6. The van der Waals surface area contributed by atoms with Crippen LogP contribution in [0.4, 0.5) is 17.1 Å². The Bertz CT molecular complexity index is 1820. The van der Waals surface area contributed by atoms with Gasteiger partial charge in [-0.25, -0.2) is 4.98 Å². The fourth-order valence-electron chi connectivity index (χ4n) is 5.14. The quantitative estimate of drug-likeness (QED) is 0.145. The molecule has 2 aromatic heterocycles. The van der Waals surface area contributed by atoms with Gasteiger partial charge < -0.3 is 20.7 Å². The summed E-state index contributed by atoms with van der Waals surface area (Å²) >= 11 is 0. The maximum Gasteiger partial charge on any atom is 0.303 e. The number of carboxylic acid groups (broad SMARTS) is 1. The highest BCUT2D eigenvalue weighted by atomic mass is 16.4. The van der Waals surface area contributed by atoms with Gasteiger partial charge in [0, 0.05) is 45.9 Å². The molecule has 0 atom stereocenters. The maximum absolute atomic E-state index is 12.9. The molecule has 9 heteroatoms. The van der Waals surface area contributed by atoms with E-state index in [0.29, 0.717) is 23.6 Å². The zero-order chi connectivity index (χ0) is 28.5. The average molecular weight is 545 g/mol. The molecule has 3 aromatic carbocycles. The van der Waals surface area contributed by atoms with E-state index in [1.807, 2.05) is 92.7 Å². The number of carbonyl (C=O) groups excluding carboxylic acids is 1. The van der Waals surface area contributed by atoms with Gasteiger partial charge in [-0.2, -0.15) is 5.10 Å². The number of nitrogens with zero attached hydrogens (tertiary/aromatic N) is 2. The molecule has 5 N–H and O–H groups in total. The Balaban J connectivity index is 1.22. The van der Waals surface area contributed by atoms with Crippen LogP contribution in [-0.4, -0.2) is 37.1 Å². The summed E-state index contributed by atoms with van der Waals surface area (Å²) in [6.45, 7) is 3.87. The van der Waals surface area contributed by atoms with Crippen molar-refractivity contribution in [1.29, 1.82) is 0 Å². The lowest BCUT2D eigenvalue weighted by atomic mass is 10.0. The fourth-order valence-corrected chi connectivity index (χ4v) is 5.14. The number of H-pyrrole nitrogens is 2. The number of aromatic nitrogens is 4. The molecule has 6 rings (SSSR count). The summed E-state index contributed by atoms with van der Waals surface area (Å²) in [7, 11) is 0. The molecule has 0 aliphatic carbocycles. The molecule has 1 amide bonds. The van der Waals surface area contributed by atoms with Crippen LogP contribution >= 0.6 is 0 Å². The smallest absolute Gasteiger partial charge is 0.303 e. The minimum absolute atomic E-state index is 0.0600. The average Bonchev–Trinajstić information content (AvgIpc) is 3.65. The number of benzene rings is 3. The van der Waals surface area contributed by atoms with Crippen molar-refractivity contribution in [1.82, 2.24) is 20.2 Å². The second-order valence-corrected chi connectivity index (χ2v) is 10.0. The number of fused-ring (bicyclic) bond motifs is 1. The van der Waals surface area contributed by atoms with E-state index in [-0.39, 0.29) is 12.3 Å². The fraction of sp³-hybridized carbons (Fsp3) is 0.125. The minimum Gasteiger partial charge on any atom is -0.481 e. The van der Waals surface area contributed by atoms with E-state index >= 15 is 0 Å². The van der Waals surface area contributed by atoms with Crippen molar-refractivity contribution in [2.24, 2.45) is 0 Å². The number of aromatic amines is 2. The number of amides is 1. The topological polar surface area (TPSA) is 136 Å². The predicted octanol–water partition coefficient (Wildman–Crippen LogP) is 6.34. The van der Waals surface area contributed by atoms with Crippen LogP contribution in [0.25, 0.3) is 34.4 Å². The number of aryl methyl sites for hydroxylation is 1. The third kappa shape index (κ3) is 5.25. The normalized spacial score (nSPS) is 13.3. The van der Waals surface area contributed by atoms with Crippen molar-refractivity contribution < 1.29 is 14.7 Å². The van der Waals surface area contributed by atoms with Crippen LogP contribution in [-0.2, 0) is 16.0 Å². The van der Waals surface area contributed by atoms with E-state index in [4.69, 9.17) is 5.11 Å². The molecule has 5 aromatic rings. The molecule has 0 unspecified atom stereocenters. The second-order valence-electron chi connectivity index (χ2n) is 10.0. The van der Waals surface area contributed by atoms with Crippen molar-refractivity contribution in [3.8, 4) is 22.8 Å². The summed E-state index contributed by atoms with van der Waals surface area (Å²) in [5.41, 5.74) is 9.25. The standard InChI is InChI=1S/C32H28N6O3/c1-18-24(13-14-29(39)40)19(2)33-27(18)17-26-25-12-11-23(16-28(25)35-32(26)41)34-22-10-6-9-21(15-22)31-36-30(37-38-31)20-7-4-3-5-8-20/h3-12,15-17,33-34H,13-14H2,1-2H3,(H,35,41)(H,39,40)(H,36,37,38)/b26-17-. The number of hydrogen-bond donors (Lipinski definition) is 5. The molecule has 0 spiro atoms. The molecule has 204 valence electrons. The van der Waals surface area contributed by atoms with E-state index in [0.717, 1.165) is 56.3 Å². The van der Waals surface area contributed by atoms with Gasteiger partial charge in [0.05, 0.1) is 11.3 Å². The number of rotatable bonds is 8. The first-order valence-corrected chi connectivity index (χ1v) is 13.3. The van der Waals surface area contributed by atoms with Crippen LogP contribution < -0.4 is 10.6 Å². The van der Waals surface area contributed by atoms with Crippen LogP contribution in [0.1, 0.15) is 34.5 Å². The first-order valence-electron chi connectivity index (χ1n) is 13.3. The van der Waals surface area contributed by atoms with Crippen LogP contribution in [0.2, 0.25) is 0 Å². The summed E-state index contributed by atoms with van der Waals surface area (Å²) < 4.78 is 0. The Labute approximate surface area is 236 Å². The van der Waals surface area contributed by atoms with Crippen molar-refractivity contribution >= 4 is 40.6 Å². The largest absolute Gasteiger partial charge is 0.481 e. The third-order valence-electron chi connectivity index (χ3n) is 7.25. The minimum atomic E-state index is -0.833. The van der Waals surface area contributed by atoms with Crippen molar-refractivity contribution in [2.45, 2.75) is 26.7 Å². The molecule has 9 nitrogen and oxygen atoms in total. The Kier molecular flexibility index (Phi) is 6.68. The Morgan fingerprint density at radius 1 is 0.976 bits per heavy atom. The van der Waals surface area contributed by atoms with E-state index in [1.165, 1.54) is 0 Å². The highest BCUT2D eigenvalue weighted by Crippen LogP contribution is 2.37. The number of carboxylic acids is 1. The Hall–Kier alpha value is -5.44. The lowest BCUT2D eigenvalue weighted by Crippen LogP contribution is -2.03. The first kappa shape index (κ1) is 25.8. The van der Waals surface area contributed by atoms with E-state index < -0.39 is 5.97 Å². The molecule has 41 heavy (non-hydrogen) atoms. The molecule has 0 saturated carbocycles. The van der Waals surface area contributed by atoms with Crippen molar-refractivity contribution in [3.05, 3.63) is 101 Å². The lowest BCUT2D eigenvalue weighted by molar-refractivity contribution is -0.137. The molecular weight excluding hydrogens is 516 g/mol. The van der Waals surface area contributed by atoms with E-state index in [1.54, 1.807) is 0 Å². The van der Waals surface area contributed by atoms with Gasteiger partial charge in [0.1, 0.15) is 0 Å². The summed E-state index contributed by atoms with van der Waals surface area (Å²) in [5.74, 6) is 0.291. The van der Waals surface area contributed by atoms with E-state index in [2.05, 4.69) is 30.8 Å². The number of nitrogens with one attached hydrogen (secondary N) is 4. The van der Waals surface area contributed by atoms with Crippen LogP contribution in [0, 0.1) is 13.8 Å². The van der Waals surface area contributed by atoms with Crippen molar-refractivity contribution in [3.63, 3.8) is 0 Å². The van der Waals surface area contributed by atoms with Gasteiger partial charge in [-0.15, -0.1) is 0 Å². The maximum atomic E-state index is 12.9. The summed E-state index contributed by atoms with van der Waals surface area (Å²) in [6.07, 6.45) is 2.34. The zero-order valence-electron chi connectivity index (χ0n) is 22.6. The van der Waals surface area contributed by atoms with Crippen LogP contribution in [0.3, 0.4) is 0 Å². The highest BCUT2D eigenvalue weighted by Gasteiger charge is 2.25. The van der Waals surface area contributed by atoms with Crippen molar-refractivity contribution in [2.75, 3.05) is 10.6 Å².